The Hall–Kier alpha value is -2.54. The maximum atomic E-state index is 5.57. The van der Waals surface area contributed by atoms with Crippen LogP contribution in [-0.2, 0) is 0 Å². The topological polar surface area (TPSA) is 94.5 Å². The normalized spacial score (nSPS) is 11.3. The molecular weight excluding hydrogens is 266 g/mol. The summed E-state index contributed by atoms with van der Waals surface area (Å²) in [5.41, 5.74) is 5.18. The van der Waals surface area contributed by atoms with Gasteiger partial charge in [-0.05, 0) is 19.1 Å². The second-order valence-corrected chi connectivity index (χ2v) is 5.17. The van der Waals surface area contributed by atoms with Gasteiger partial charge < -0.3 is 5.43 Å². The van der Waals surface area contributed by atoms with E-state index < -0.39 is 0 Å². The van der Waals surface area contributed by atoms with Crippen LogP contribution in [-0.4, -0.2) is 25.0 Å². The second-order valence-electron chi connectivity index (χ2n) is 5.17. The minimum atomic E-state index is 0.186. The fourth-order valence-electron chi connectivity index (χ4n) is 2.15. The van der Waals surface area contributed by atoms with Crippen molar-refractivity contribution in [2.75, 3.05) is 5.43 Å². The number of hydrazine groups is 1. The molecule has 0 saturated heterocycles. The first kappa shape index (κ1) is 13.4. The van der Waals surface area contributed by atoms with E-state index in [0.29, 0.717) is 17.5 Å². The summed E-state index contributed by atoms with van der Waals surface area (Å²) >= 11 is 0. The number of anilines is 1. The van der Waals surface area contributed by atoms with Gasteiger partial charge in [0.05, 0.1) is 5.52 Å². The van der Waals surface area contributed by atoms with E-state index in [4.69, 9.17) is 5.84 Å². The van der Waals surface area contributed by atoms with Gasteiger partial charge >= 0.3 is 0 Å². The predicted molar refractivity (Wildman–Crippen MR) is 81.1 cm³/mol. The third-order valence-electron chi connectivity index (χ3n) is 3.34. The standard InChI is InChI=1S/C14H17N7/c1-8(2)12-16-13(18-15)9(3)14(17-12)21-11-7-5-4-6-10(11)19-20-21/h4-8H,15H2,1-3H3,(H,16,17,18). The number of rotatable bonds is 3. The highest BCUT2D eigenvalue weighted by atomic mass is 15.4. The number of aromatic nitrogens is 5. The van der Waals surface area contributed by atoms with Gasteiger partial charge in [-0.2, -0.15) is 4.68 Å². The Kier molecular flexibility index (Phi) is 3.26. The van der Waals surface area contributed by atoms with Gasteiger partial charge in [-0.1, -0.05) is 31.2 Å². The zero-order valence-electron chi connectivity index (χ0n) is 12.2. The third kappa shape index (κ3) is 2.21. The van der Waals surface area contributed by atoms with E-state index >= 15 is 0 Å². The Labute approximate surface area is 122 Å². The Balaban J connectivity index is 2.28. The summed E-state index contributed by atoms with van der Waals surface area (Å²) in [7, 11) is 0. The van der Waals surface area contributed by atoms with E-state index in [0.717, 1.165) is 16.6 Å². The van der Waals surface area contributed by atoms with E-state index in [1.807, 2.05) is 45.0 Å². The molecule has 108 valence electrons. The average molecular weight is 283 g/mol. The molecule has 1 aromatic carbocycles. The summed E-state index contributed by atoms with van der Waals surface area (Å²) in [6.07, 6.45) is 0. The molecule has 21 heavy (non-hydrogen) atoms. The first-order valence-corrected chi connectivity index (χ1v) is 6.77. The maximum Gasteiger partial charge on any atom is 0.164 e. The summed E-state index contributed by atoms with van der Waals surface area (Å²) in [4.78, 5) is 9.06. The number of hydrogen-bond donors (Lipinski definition) is 2. The Morgan fingerprint density at radius 3 is 2.67 bits per heavy atom. The highest BCUT2D eigenvalue weighted by Crippen LogP contribution is 2.23. The zero-order valence-corrected chi connectivity index (χ0v) is 12.2. The summed E-state index contributed by atoms with van der Waals surface area (Å²) in [6, 6.07) is 7.76. The molecule has 7 nitrogen and oxygen atoms in total. The number of fused-ring (bicyclic) bond motifs is 1. The van der Waals surface area contributed by atoms with Crippen molar-refractivity contribution in [3.63, 3.8) is 0 Å². The lowest BCUT2D eigenvalue weighted by molar-refractivity contribution is 0.732. The maximum absolute atomic E-state index is 5.57. The first-order valence-electron chi connectivity index (χ1n) is 6.77. The molecule has 2 aromatic heterocycles. The number of hydrogen-bond acceptors (Lipinski definition) is 6. The van der Waals surface area contributed by atoms with E-state index in [9.17, 15) is 0 Å². The molecule has 0 unspecified atom stereocenters. The summed E-state index contributed by atoms with van der Waals surface area (Å²) in [5.74, 6) is 7.76. The van der Waals surface area contributed by atoms with Gasteiger partial charge in [0.15, 0.2) is 5.82 Å². The molecule has 0 aliphatic heterocycles. The molecule has 0 bridgehead atoms. The SMILES string of the molecule is Cc1c(NN)nc(C(C)C)nc1-n1nnc2ccccc21. The second kappa shape index (κ2) is 5.10. The summed E-state index contributed by atoms with van der Waals surface area (Å²) in [5, 5.41) is 8.38. The number of nitrogen functional groups attached to an aromatic ring is 1. The lowest BCUT2D eigenvalue weighted by Crippen LogP contribution is -2.16. The number of nitrogens with one attached hydrogen (secondary N) is 1. The van der Waals surface area contributed by atoms with Crippen molar-refractivity contribution < 1.29 is 0 Å². The minimum Gasteiger partial charge on any atom is -0.308 e. The van der Waals surface area contributed by atoms with Gasteiger partial charge in [-0.15, -0.1) is 5.10 Å². The predicted octanol–water partition coefficient (Wildman–Crippen LogP) is 1.93. The summed E-state index contributed by atoms with van der Waals surface area (Å²) in [6.45, 7) is 5.98. The van der Waals surface area contributed by atoms with E-state index in [1.165, 1.54) is 0 Å². The van der Waals surface area contributed by atoms with Crippen LogP contribution in [0.3, 0.4) is 0 Å². The molecule has 0 aliphatic rings. The number of benzene rings is 1. The lowest BCUT2D eigenvalue weighted by atomic mass is 10.2. The Morgan fingerprint density at radius 1 is 1.19 bits per heavy atom. The van der Waals surface area contributed by atoms with Crippen molar-refractivity contribution >= 4 is 16.9 Å². The molecule has 0 fully saturated rings. The van der Waals surface area contributed by atoms with Gasteiger partial charge in [0.25, 0.3) is 0 Å². The van der Waals surface area contributed by atoms with Gasteiger partial charge in [-0.3, -0.25) is 0 Å². The van der Waals surface area contributed by atoms with Crippen LogP contribution in [0.15, 0.2) is 24.3 Å². The molecule has 0 atom stereocenters. The fourth-order valence-corrected chi connectivity index (χ4v) is 2.15. The van der Waals surface area contributed by atoms with Crippen LogP contribution < -0.4 is 11.3 Å². The van der Waals surface area contributed by atoms with Crippen molar-refractivity contribution in [2.24, 2.45) is 5.84 Å². The molecule has 0 radical (unpaired) electrons. The monoisotopic (exact) mass is 283 g/mol. The average Bonchev–Trinajstić information content (AvgIpc) is 2.91. The molecular formula is C14H17N7. The molecule has 0 amide bonds. The van der Waals surface area contributed by atoms with Crippen molar-refractivity contribution in [3.8, 4) is 5.82 Å². The van der Waals surface area contributed by atoms with E-state index in [2.05, 4.69) is 25.7 Å². The van der Waals surface area contributed by atoms with E-state index in [-0.39, 0.29) is 5.92 Å². The van der Waals surface area contributed by atoms with Gasteiger partial charge in [0, 0.05) is 11.5 Å². The lowest BCUT2D eigenvalue weighted by Gasteiger charge is -2.13. The van der Waals surface area contributed by atoms with Crippen molar-refractivity contribution in [1.82, 2.24) is 25.0 Å². The van der Waals surface area contributed by atoms with E-state index in [1.54, 1.807) is 4.68 Å². The van der Waals surface area contributed by atoms with Crippen LogP contribution in [0.2, 0.25) is 0 Å². The fraction of sp³-hybridized carbons (Fsp3) is 0.286. The van der Waals surface area contributed by atoms with Crippen LogP contribution >= 0.6 is 0 Å². The third-order valence-corrected chi connectivity index (χ3v) is 3.34. The zero-order chi connectivity index (χ0) is 15.0. The highest BCUT2D eigenvalue weighted by Gasteiger charge is 2.16. The van der Waals surface area contributed by atoms with Crippen LogP contribution in [0.25, 0.3) is 16.9 Å². The molecule has 3 rings (SSSR count). The van der Waals surface area contributed by atoms with Gasteiger partial charge in [-0.25, -0.2) is 15.8 Å². The Bertz CT molecular complexity index is 791. The number of para-hydroxylation sites is 1. The molecule has 3 aromatic rings. The molecule has 2 heterocycles. The van der Waals surface area contributed by atoms with Crippen molar-refractivity contribution in [3.05, 3.63) is 35.7 Å². The molecule has 0 aliphatic carbocycles. The number of nitrogens with zero attached hydrogens (tertiary/aromatic N) is 5. The van der Waals surface area contributed by atoms with Crippen molar-refractivity contribution in [1.29, 1.82) is 0 Å². The quantitative estimate of drug-likeness (QED) is 0.563. The Morgan fingerprint density at radius 2 is 1.95 bits per heavy atom. The molecule has 0 saturated carbocycles. The van der Waals surface area contributed by atoms with Crippen LogP contribution in [0.5, 0.6) is 0 Å². The van der Waals surface area contributed by atoms with Gasteiger partial charge in [0.2, 0.25) is 0 Å². The molecule has 7 heteroatoms. The first-order chi connectivity index (χ1) is 10.1. The largest absolute Gasteiger partial charge is 0.308 e. The summed E-state index contributed by atoms with van der Waals surface area (Å²) < 4.78 is 1.72. The highest BCUT2D eigenvalue weighted by molar-refractivity contribution is 5.76. The van der Waals surface area contributed by atoms with Crippen LogP contribution in [0.4, 0.5) is 5.82 Å². The molecule has 0 spiro atoms. The molecule has 3 N–H and O–H groups in total. The van der Waals surface area contributed by atoms with Gasteiger partial charge in [0.1, 0.15) is 17.2 Å². The van der Waals surface area contributed by atoms with Crippen LogP contribution in [0, 0.1) is 6.92 Å². The smallest absolute Gasteiger partial charge is 0.164 e. The van der Waals surface area contributed by atoms with Crippen LogP contribution in [0.1, 0.15) is 31.2 Å². The number of nitrogens with two attached hydrogens (primary N) is 1. The van der Waals surface area contributed by atoms with Crippen molar-refractivity contribution in [2.45, 2.75) is 26.7 Å². The minimum absolute atomic E-state index is 0.186.